The molecule has 1 aromatic heterocycles. The van der Waals surface area contributed by atoms with Crippen LogP contribution in [0.5, 0.6) is 0 Å². The zero-order valence-electron chi connectivity index (χ0n) is 17.5. The van der Waals surface area contributed by atoms with Gasteiger partial charge in [0, 0.05) is 38.4 Å². The number of anilines is 2. The van der Waals surface area contributed by atoms with Crippen molar-refractivity contribution in [2.24, 2.45) is 4.99 Å². The maximum atomic E-state index is 9.33. The molecule has 0 spiro atoms. The number of fused-ring (bicyclic) bond motifs is 1. The van der Waals surface area contributed by atoms with E-state index in [2.05, 4.69) is 39.7 Å². The van der Waals surface area contributed by atoms with E-state index in [1.807, 2.05) is 66.8 Å². The summed E-state index contributed by atoms with van der Waals surface area (Å²) < 4.78 is 0. The first-order chi connectivity index (χ1) is 14.6. The maximum Gasteiger partial charge on any atom is 0.217 e. The lowest BCUT2D eigenvalue weighted by Crippen LogP contribution is -2.57. The molecule has 7 nitrogen and oxygen atoms in total. The van der Waals surface area contributed by atoms with Gasteiger partial charge in [0.2, 0.25) is 12.2 Å². The molecule has 1 aliphatic heterocycles. The van der Waals surface area contributed by atoms with Gasteiger partial charge in [0.05, 0.1) is 17.2 Å². The summed E-state index contributed by atoms with van der Waals surface area (Å²) in [7, 11) is 1.96. The van der Waals surface area contributed by atoms with Crippen LogP contribution in [0.25, 0.3) is 11.0 Å². The standard InChI is InChI=1S/C23H25N7/c1-17-8-4-7-11-21(17)28(3)23(26-16-24)30-13-12-29(15-18(30)2)22-14-25-19-9-5-6-10-20(19)27-22/h4-11,14,18H,12-13,15H2,1-3H3. The van der Waals surface area contributed by atoms with E-state index in [9.17, 15) is 5.26 Å². The van der Waals surface area contributed by atoms with Gasteiger partial charge >= 0.3 is 0 Å². The fourth-order valence-electron chi connectivity index (χ4n) is 3.99. The van der Waals surface area contributed by atoms with Crippen LogP contribution in [-0.2, 0) is 0 Å². The Hall–Kier alpha value is -3.66. The number of hydrogen-bond acceptors (Lipinski definition) is 5. The molecule has 0 amide bonds. The smallest absolute Gasteiger partial charge is 0.217 e. The van der Waals surface area contributed by atoms with Crippen LogP contribution in [0.1, 0.15) is 12.5 Å². The lowest BCUT2D eigenvalue weighted by Gasteiger charge is -2.43. The Balaban J connectivity index is 1.55. The highest BCUT2D eigenvalue weighted by atomic mass is 15.4. The van der Waals surface area contributed by atoms with E-state index < -0.39 is 0 Å². The van der Waals surface area contributed by atoms with Gasteiger partial charge in [-0.2, -0.15) is 5.26 Å². The molecule has 0 bridgehead atoms. The van der Waals surface area contributed by atoms with Gasteiger partial charge in [-0.05, 0) is 37.6 Å². The number of para-hydroxylation sites is 3. The average Bonchev–Trinajstić information content (AvgIpc) is 2.77. The van der Waals surface area contributed by atoms with E-state index in [1.54, 1.807) is 0 Å². The van der Waals surface area contributed by atoms with E-state index >= 15 is 0 Å². The second-order valence-electron chi connectivity index (χ2n) is 7.56. The van der Waals surface area contributed by atoms with Crippen molar-refractivity contribution in [1.29, 1.82) is 5.26 Å². The minimum Gasteiger partial charge on any atom is -0.351 e. The van der Waals surface area contributed by atoms with Crippen molar-refractivity contribution in [2.75, 3.05) is 36.5 Å². The van der Waals surface area contributed by atoms with Gasteiger partial charge in [-0.1, -0.05) is 30.3 Å². The molecule has 152 valence electrons. The van der Waals surface area contributed by atoms with Crippen molar-refractivity contribution in [3.8, 4) is 6.19 Å². The van der Waals surface area contributed by atoms with Gasteiger partial charge in [-0.25, -0.2) is 4.98 Å². The van der Waals surface area contributed by atoms with Crippen LogP contribution < -0.4 is 9.80 Å². The summed E-state index contributed by atoms with van der Waals surface area (Å²) in [6, 6.07) is 16.2. The summed E-state index contributed by atoms with van der Waals surface area (Å²) in [6.07, 6.45) is 3.83. The van der Waals surface area contributed by atoms with Crippen molar-refractivity contribution in [1.82, 2.24) is 14.9 Å². The molecule has 1 fully saturated rings. The Kier molecular flexibility index (Phi) is 5.48. The monoisotopic (exact) mass is 399 g/mol. The molecule has 0 radical (unpaired) electrons. The zero-order chi connectivity index (χ0) is 21.1. The number of nitriles is 1. The Morgan fingerprint density at radius 3 is 2.60 bits per heavy atom. The molecule has 2 heterocycles. The molecule has 3 aromatic rings. The van der Waals surface area contributed by atoms with Crippen LogP contribution in [0, 0.1) is 18.4 Å². The lowest BCUT2D eigenvalue weighted by atomic mass is 10.1. The predicted octanol–water partition coefficient (Wildman–Crippen LogP) is 3.42. The highest BCUT2D eigenvalue weighted by molar-refractivity contribution is 5.97. The molecule has 2 aromatic carbocycles. The maximum absolute atomic E-state index is 9.33. The number of rotatable bonds is 2. The van der Waals surface area contributed by atoms with Crippen molar-refractivity contribution in [3.05, 3.63) is 60.3 Å². The number of nitrogens with zero attached hydrogens (tertiary/aromatic N) is 7. The molecule has 1 saturated heterocycles. The van der Waals surface area contributed by atoms with E-state index in [0.717, 1.165) is 47.7 Å². The van der Waals surface area contributed by atoms with Crippen molar-refractivity contribution < 1.29 is 0 Å². The Bertz CT molecular complexity index is 1120. The summed E-state index contributed by atoms with van der Waals surface area (Å²) in [5.74, 6) is 1.55. The molecule has 0 N–H and O–H groups in total. The van der Waals surface area contributed by atoms with Crippen LogP contribution in [0.4, 0.5) is 11.5 Å². The highest BCUT2D eigenvalue weighted by Crippen LogP contribution is 2.23. The third-order valence-electron chi connectivity index (χ3n) is 5.57. The second-order valence-corrected chi connectivity index (χ2v) is 7.56. The third kappa shape index (κ3) is 3.77. The number of guanidine groups is 1. The quantitative estimate of drug-likeness (QED) is 0.374. The number of aryl methyl sites for hydroxylation is 1. The minimum absolute atomic E-state index is 0.158. The molecule has 0 saturated carbocycles. The third-order valence-corrected chi connectivity index (χ3v) is 5.57. The van der Waals surface area contributed by atoms with Crippen LogP contribution >= 0.6 is 0 Å². The van der Waals surface area contributed by atoms with Crippen molar-refractivity contribution in [3.63, 3.8) is 0 Å². The fraction of sp³-hybridized carbons (Fsp3) is 0.304. The number of aliphatic imine (C=N–C) groups is 1. The second kappa shape index (κ2) is 8.37. The summed E-state index contributed by atoms with van der Waals surface area (Å²) in [5.41, 5.74) is 3.98. The van der Waals surface area contributed by atoms with E-state index in [0.29, 0.717) is 5.96 Å². The van der Waals surface area contributed by atoms with E-state index in [4.69, 9.17) is 4.98 Å². The molecule has 1 aliphatic rings. The van der Waals surface area contributed by atoms with Crippen molar-refractivity contribution >= 4 is 28.5 Å². The van der Waals surface area contributed by atoms with Gasteiger partial charge in [0.1, 0.15) is 5.82 Å². The number of benzene rings is 2. The first-order valence-electron chi connectivity index (χ1n) is 10.1. The van der Waals surface area contributed by atoms with Crippen LogP contribution in [0.2, 0.25) is 0 Å². The lowest BCUT2D eigenvalue weighted by molar-refractivity contribution is 0.293. The Labute approximate surface area is 176 Å². The fourth-order valence-corrected chi connectivity index (χ4v) is 3.99. The Morgan fingerprint density at radius 2 is 1.87 bits per heavy atom. The molecule has 1 atom stereocenters. The zero-order valence-corrected chi connectivity index (χ0v) is 17.5. The number of piperazine rings is 1. The average molecular weight is 400 g/mol. The summed E-state index contributed by atoms with van der Waals surface area (Å²) in [4.78, 5) is 20.0. The molecule has 30 heavy (non-hydrogen) atoms. The van der Waals surface area contributed by atoms with Crippen LogP contribution in [-0.4, -0.2) is 53.6 Å². The first kappa shape index (κ1) is 19.6. The normalized spacial score (nSPS) is 17.1. The molecule has 7 heteroatoms. The van der Waals surface area contributed by atoms with Gasteiger partial charge < -0.3 is 14.7 Å². The SMILES string of the molecule is Cc1ccccc1N(C)C(=NC#N)N1CCN(c2cnc3ccccc3n2)CC1C. The molecule has 1 unspecified atom stereocenters. The topological polar surface area (TPSA) is 71.7 Å². The highest BCUT2D eigenvalue weighted by Gasteiger charge is 2.29. The van der Waals surface area contributed by atoms with Crippen LogP contribution in [0.3, 0.4) is 0 Å². The van der Waals surface area contributed by atoms with E-state index in [-0.39, 0.29) is 6.04 Å². The summed E-state index contributed by atoms with van der Waals surface area (Å²) in [6.45, 7) is 6.52. The van der Waals surface area contributed by atoms with Gasteiger partial charge in [-0.15, -0.1) is 4.99 Å². The summed E-state index contributed by atoms with van der Waals surface area (Å²) in [5, 5.41) is 9.33. The van der Waals surface area contributed by atoms with E-state index in [1.165, 1.54) is 0 Å². The van der Waals surface area contributed by atoms with Crippen LogP contribution in [0.15, 0.2) is 59.7 Å². The minimum atomic E-state index is 0.158. The predicted molar refractivity (Wildman–Crippen MR) is 121 cm³/mol. The van der Waals surface area contributed by atoms with Gasteiger partial charge in [0.25, 0.3) is 0 Å². The van der Waals surface area contributed by atoms with Gasteiger partial charge in [0.15, 0.2) is 0 Å². The number of aromatic nitrogens is 2. The molecule has 4 rings (SSSR count). The molecule has 0 aliphatic carbocycles. The largest absolute Gasteiger partial charge is 0.351 e. The molecular formula is C23H25N7. The van der Waals surface area contributed by atoms with Crippen molar-refractivity contribution in [2.45, 2.75) is 19.9 Å². The number of hydrogen-bond donors (Lipinski definition) is 0. The first-order valence-corrected chi connectivity index (χ1v) is 10.1. The summed E-state index contributed by atoms with van der Waals surface area (Å²) >= 11 is 0. The van der Waals surface area contributed by atoms with Gasteiger partial charge in [-0.3, -0.25) is 4.98 Å². The molecular weight excluding hydrogens is 374 g/mol. The Morgan fingerprint density at radius 1 is 1.13 bits per heavy atom.